The molecule has 0 spiro atoms. The molecule has 0 amide bonds. The zero-order valence-electron chi connectivity index (χ0n) is 15.3. The van der Waals surface area contributed by atoms with Crippen LogP contribution in [0.5, 0.6) is 5.75 Å². The van der Waals surface area contributed by atoms with Crippen molar-refractivity contribution in [3.8, 4) is 22.7 Å². The number of aryl methyl sites for hydroxylation is 1. The number of hydrogen-bond acceptors (Lipinski definition) is 2. The van der Waals surface area contributed by atoms with Gasteiger partial charge in [-0.1, -0.05) is 29.8 Å². The second-order valence-electron chi connectivity index (χ2n) is 6.68. The van der Waals surface area contributed by atoms with Gasteiger partial charge in [0.15, 0.2) is 0 Å². The average molecular weight is 353 g/mol. The van der Waals surface area contributed by atoms with Crippen molar-refractivity contribution >= 4 is 16.8 Å². The predicted molar refractivity (Wildman–Crippen MR) is 109 cm³/mol. The summed E-state index contributed by atoms with van der Waals surface area (Å²) in [6.45, 7) is 2.10. The fourth-order valence-electron chi connectivity index (χ4n) is 3.52. The molecule has 0 aliphatic rings. The molecule has 0 radical (unpaired) electrons. The maximum atomic E-state index is 5.31. The largest absolute Gasteiger partial charge is 0.497 e. The fourth-order valence-corrected chi connectivity index (χ4v) is 3.52. The number of rotatable bonds is 3. The first-order valence-corrected chi connectivity index (χ1v) is 8.94. The van der Waals surface area contributed by atoms with E-state index >= 15 is 0 Å². The lowest BCUT2D eigenvalue weighted by Gasteiger charge is -2.10. The lowest BCUT2D eigenvalue weighted by atomic mass is 10.1. The molecule has 0 atom stereocenters. The van der Waals surface area contributed by atoms with Gasteiger partial charge in [-0.05, 0) is 55.5 Å². The van der Waals surface area contributed by atoms with Crippen LogP contribution in [-0.4, -0.2) is 21.1 Å². The molecule has 5 aromatic rings. The molecule has 0 aliphatic carbocycles. The molecular formula is C23H19N3O. The highest BCUT2D eigenvalue weighted by atomic mass is 16.5. The molecule has 132 valence electrons. The Kier molecular flexibility index (Phi) is 3.50. The van der Waals surface area contributed by atoms with E-state index < -0.39 is 0 Å². The van der Waals surface area contributed by atoms with E-state index in [0.717, 1.165) is 39.5 Å². The lowest BCUT2D eigenvalue weighted by Crippen LogP contribution is -1.98. The number of hydrogen-bond donors (Lipinski definition) is 0. The normalized spacial score (nSPS) is 11.3. The average Bonchev–Trinajstić information content (AvgIpc) is 3.25. The SMILES string of the molecule is COc1ccc(-c2cn3c4ccccc4nc3n2-c2ccc(C)cc2)cc1. The number of para-hydroxylation sites is 2. The molecule has 0 saturated carbocycles. The Labute approximate surface area is 157 Å². The first kappa shape index (κ1) is 15.7. The van der Waals surface area contributed by atoms with Crippen LogP contribution in [0.4, 0.5) is 0 Å². The quantitative estimate of drug-likeness (QED) is 0.443. The molecule has 0 bridgehead atoms. The highest BCUT2D eigenvalue weighted by Crippen LogP contribution is 2.30. The lowest BCUT2D eigenvalue weighted by molar-refractivity contribution is 0.415. The van der Waals surface area contributed by atoms with Crippen molar-refractivity contribution in [1.29, 1.82) is 0 Å². The summed E-state index contributed by atoms with van der Waals surface area (Å²) in [7, 11) is 1.68. The molecule has 0 aliphatic heterocycles. The minimum atomic E-state index is 0.849. The van der Waals surface area contributed by atoms with Gasteiger partial charge in [-0.2, -0.15) is 0 Å². The summed E-state index contributed by atoms with van der Waals surface area (Å²) in [5.74, 6) is 1.76. The van der Waals surface area contributed by atoms with Gasteiger partial charge in [0, 0.05) is 17.4 Å². The smallest absolute Gasteiger partial charge is 0.220 e. The van der Waals surface area contributed by atoms with E-state index in [-0.39, 0.29) is 0 Å². The highest BCUT2D eigenvalue weighted by Gasteiger charge is 2.16. The third-order valence-corrected chi connectivity index (χ3v) is 4.95. The summed E-state index contributed by atoms with van der Waals surface area (Å²) >= 11 is 0. The van der Waals surface area contributed by atoms with Gasteiger partial charge in [-0.3, -0.25) is 8.97 Å². The molecule has 3 aromatic carbocycles. The van der Waals surface area contributed by atoms with Gasteiger partial charge >= 0.3 is 0 Å². The van der Waals surface area contributed by atoms with Crippen LogP contribution in [0.2, 0.25) is 0 Å². The standard InChI is InChI=1S/C23H19N3O/c1-16-7-11-18(12-8-16)26-22(17-9-13-19(27-2)14-10-17)15-25-21-6-4-3-5-20(21)24-23(25)26/h3-15H,1-2H3. The summed E-state index contributed by atoms with van der Waals surface area (Å²) in [6.07, 6.45) is 2.16. The first-order chi connectivity index (χ1) is 13.2. The van der Waals surface area contributed by atoms with Crippen molar-refractivity contribution in [2.75, 3.05) is 7.11 Å². The van der Waals surface area contributed by atoms with Crippen LogP contribution in [-0.2, 0) is 0 Å². The van der Waals surface area contributed by atoms with Crippen LogP contribution in [0.3, 0.4) is 0 Å². The molecule has 0 N–H and O–H groups in total. The maximum absolute atomic E-state index is 5.31. The van der Waals surface area contributed by atoms with Crippen LogP contribution < -0.4 is 4.74 Å². The topological polar surface area (TPSA) is 31.5 Å². The van der Waals surface area contributed by atoms with E-state index in [1.807, 2.05) is 24.3 Å². The van der Waals surface area contributed by atoms with E-state index in [1.165, 1.54) is 5.56 Å². The van der Waals surface area contributed by atoms with Gasteiger partial charge in [-0.25, -0.2) is 4.98 Å². The van der Waals surface area contributed by atoms with Gasteiger partial charge in [0.2, 0.25) is 5.78 Å². The molecule has 0 fully saturated rings. The van der Waals surface area contributed by atoms with Gasteiger partial charge in [0.25, 0.3) is 0 Å². The summed E-state index contributed by atoms with van der Waals surface area (Å²) in [5.41, 5.74) is 6.64. The van der Waals surface area contributed by atoms with Gasteiger partial charge in [0.05, 0.1) is 23.8 Å². The maximum Gasteiger partial charge on any atom is 0.220 e. The zero-order chi connectivity index (χ0) is 18.4. The third kappa shape index (κ3) is 2.49. The van der Waals surface area contributed by atoms with E-state index in [4.69, 9.17) is 9.72 Å². The van der Waals surface area contributed by atoms with Crippen molar-refractivity contribution in [2.45, 2.75) is 6.92 Å². The molecule has 0 unspecified atom stereocenters. The van der Waals surface area contributed by atoms with E-state index in [2.05, 4.69) is 70.6 Å². The third-order valence-electron chi connectivity index (χ3n) is 4.95. The summed E-state index contributed by atoms with van der Waals surface area (Å²) in [4.78, 5) is 4.90. The Bertz CT molecular complexity index is 1250. The minimum Gasteiger partial charge on any atom is -0.497 e. The molecule has 4 nitrogen and oxygen atoms in total. The van der Waals surface area contributed by atoms with Crippen molar-refractivity contribution in [2.24, 2.45) is 0 Å². The molecule has 2 aromatic heterocycles. The zero-order valence-corrected chi connectivity index (χ0v) is 15.3. The van der Waals surface area contributed by atoms with Gasteiger partial charge in [0.1, 0.15) is 5.75 Å². The van der Waals surface area contributed by atoms with Crippen LogP contribution in [0, 0.1) is 6.92 Å². The van der Waals surface area contributed by atoms with Gasteiger partial charge in [-0.15, -0.1) is 0 Å². The van der Waals surface area contributed by atoms with Crippen LogP contribution in [0.1, 0.15) is 5.56 Å². The molecular weight excluding hydrogens is 334 g/mol. The Balaban J connectivity index is 1.82. The highest BCUT2D eigenvalue weighted by molar-refractivity contribution is 5.82. The van der Waals surface area contributed by atoms with Crippen LogP contribution in [0.25, 0.3) is 33.8 Å². The second kappa shape index (κ2) is 6.02. The van der Waals surface area contributed by atoms with Crippen molar-refractivity contribution in [3.63, 3.8) is 0 Å². The Morgan fingerprint density at radius 2 is 1.59 bits per heavy atom. The van der Waals surface area contributed by atoms with E-state index in [9.17, 15) is 0 Å². The second-order valence-corrected chi connectivity index (χ2v) is 6.68. The Morgan fingerprint density at radius 1 is 0.852 bits per heavy atom. The van der Waals surface area contributed by atoms with E-state index in [0.29, 0.717) is 0 Å². The number of aromatic nitrogens is 3. The number of ether oxygens (including phenoxy) is 1. The molecule has 2 heterocycles. The number of nitrogens with zero attached hydrogens (tertiary/aromatic N) is 3. The number of benzene rings is 3. The molecule has 5 rings (SSSR count). The van der Waals surface area contributed by atoms with Crippen LogP contribution >= 0.6 is 0 Å². The van der Waals surface area contributed by atoms with Crippen LogP contribution in [0.15, 0.2) is 79.0 Å². The Hall–Kier alpha value is -3.53. The molecule has 27 heavy (non-hydrogen) atoms. The summed E-state index contributed by atoms with van der Waals surface area (Å²) < 4.78 is 9.68. The molecule has 4 heteroatoms. The van der Waals surface area contributed by atoms with Crippen molar-refractivity contribution in [3.05, 3.63) is 84.6 Å². The number of methoxy groups -OCH3 is 1. The fraction of sp³-hybridized carbons (Fsp3) is 0.0870. The first-order valence-electron chi connectivity index (χ1n) is 8.94. The monoisotopic (exact) mass is 353 g/mol. The van der Waals surface area contributed by atoms with Crippen molar-refractivity contribution in [1.82, 2.24) is 14.0 Å². The number of imidazole rings is 2. The summed E-state index contributed by atoms with van der Waals surface area (Å²) in [6, 6.07) is 24.9. The van der Waals surface area contributed by atoms with Crippen molar-refractivity contribution < 1.29 is 4.74 Å². The molecule has 0 saturated heterocycles. The predicted octanol–water partition coefficient (Wildman–Crippen LogP) is 5.26. The number of fused-ring (bicyclic) bond motifs is 3. The minimum absolute atomic E-state index is 0.849. The Morgan fingerprint density at radius 3 is 2.33 bits per heavy atom. The van der Waals surface area contributed by atoms with Gasteiger partial charge < -0.3 is 4.74 Å². The summed E-state index contributed by atoms with van der Waals surface area (Å²) in [5, 5.41) is 0. The van der Waals surface area contributed by atoms with E-state index in [1.54, 1.807) is 7.11 Å².